The van der Waals surface area contributed by atoms with Gasteiger partial charge in [-0.05, 0) is 48.6 Å². The zero-order valence-corrected chi connectivity index (χ0v) is 15.2. The number of hydrogen-bond donors (Lipinski definition) is 2. The summed E-state index contributed by atoms with van der Waals surface area (Å²) >= 11 is 0. The standard InChI is InChI=1S/C21H24FN3O2/c22-19-14-15(4-3-6-16-5-1-2-7-17(16)20(23)26)8-9-18(19)21(27)25-12-10-24-11-13-25/h1-2,5,7-9,14,24H,3-4,6,10-13H2,(H2,23,26). The van der Waals surface area contributed by atoms with E-state index < -0.39 is 11.7 Å². The highest BCUT2D eigenvalue weighted by Gasteiger charge is 2.21. The number of halogens is 1. The largest absolute Gasteiger partial charge is 0.366 e. The van der Waals surface area contributed by atoms with Crippen molar-refractivity contribution in [2.45, 2.75) is 19.3 Å². The SMILES string of the molecule is NC(=O)c1ccccc1CCCc1ccc(C(=O)N2CCNCC2)c(F)c1. The first kappa shape index (κ1) is 19.0. The normalized spacial score (nSPS) is 14.2. The number of carbonyl (C=O) groups is 2. The van der Waals surface area contributed by atoms with Gasteiger partial charge in [0, 0.05) is 31.7 Å². The quantitative estimate of drug-likeness (QED) is 0.819. The smallest absolute Gasteiger partial charge is 0.256 e. The Hall–Kier alpha value is -2.73. The molecule has 0 saturated carbocycles. The maximum absolute atomic E-state index is 14.5. The summed E-state index contributed by atoms with van der Waals surface area (Å²) in [5, 5.41) is 3.18. The van der Waals surface area contributed by atoms with Crippen LogP contribution in [-0.4, -0.2) is 42.9 Å². The van der Waals surface area contributed by atoms with Gasteiger partial charge < -0.3 is 16.0 Å². The van der Waals surface area contributed by atoms with Gasteiger partial charge in [-0.1, -0.05) is 24.3 Å². The number of piperazine rings is 1. The zero-order valence-electron chi connectivity index (χ0n) is 15.2. The van der Waals surface area contributed by atoms with Crippen LogP contribution >= 0.6 is 0 Å². The van der Waals surface area contributed by atoms with Crippen LogP contribution in [0.1, 0.15) is 38.3 Å². The second kappa shape index (κ2) is 8.77. The van der Waals surface area contributed by atoms with Crippen LogP contribution < -0.4 is 11.1 Å². The van der Waals surface area contributed by atoms with E-state index in [9.17, 15) is 14.0 Å². The molecule has 2 aromatic rings. The average molecular weight is 369 g/mol. The molecule has 0 unspecified atom stereocenters. The molecule has 142 valence electrons. The van der Waals surface area contributed by atoms with Gasteiger partial charge >= 0.3 is 0 Å². The highest BCUT2D eigenvalue weighted by atomic mass is 19.1. The lowest BCUT2D eigenvalue weighted by atomic mass is 9.99. The molecule has 0 atom stereocenters. The van der Waals surface area contributed by atoms with Crippen LogP contribution in [0.4, 0.5) is 4.39 Å². The first-order valence-electron chi connectivity index (χ1n) is 9.22. The topological polar surface area (TPSA) is 75.4 Å². The summed E-state index contributed by atoms with van der Waals surface area (Å²) in [6, 6.07) is 12.1. The molecule has 1 saturated heterocycles. The molecule has 2 amide bonds. The molecule has 0 spiro atoms. The van der Waals surface area contributed by atoms with Crippen LogP contribution in [-0.2, 0) is 12.8 Å². The Balaban J connectivity index is 1.61. The Kier molecular flexibility index (Phi) is 6.19. The summed E-state index contributed by atoms with van der Waals surface area (Å²) in [5.41, 5.74) is 7.78. The van der Waals surface area contributed by atoms with Gasteiger partial charge in [0.05, 0.1) is 5.56 Å². The maximum atomic E-state index is 14.5. The fourth-order valence-electron chi connectivity index (χ4n) is 3.39. The number of benzene rings is 2. The Bertz CT molecular complexity index is 832. The van der Waals surface area contributed by atoms with E-state index in [1.165, 1.54) is 6.07 Å². The summed E-state index contributed by atoms with van der Waals surface area (Å²) < 4.78 is 14.5. The van der Waals surface area contributed by atoms with Gasteiger partial charge in [-0.3, -0.25) is 9.59 Å². The molecule has 1 aliphatic heterocycles. The average Bonchev–Trinajstić information content (AvgIpc) is 2.68. The van der Waals surface area contributed by atoms with Gasteiger partial charge in [0.1, 0.15) is 5.82 Å². The fraction of sp³-hybridized carbons (Fsp3) is 0.333. The highest BCUT2D eigenvalue weighted by molar-refractivity contribution is 5.95. The van der Waals surface area contributed by atoms with Crippen LogP contribution in [0.15, 0.2) is 42.5 Å². The molecule has 3 rings (SSSR count). The summed E-state index contributed by atoms with van der Waals surface area (Å²) in [5.74, 6) is -1.17. The van der Waals surface area contributed by atoms with E-state index in [-0.39, 0.29) is 11.5 Å². The Labute approximate surface area is 158 Å². The van der Waals surface area contributed by atoms with E-state index in [0.29, 0.717) is 31.5 Å². The molecule has 0 aromatic heterocycles. The Morgan fingerprint density at radius 1 is 1.04 bits per heavy atom. The number of carbonyl (C=O) groups excluding carboxylic acids is 2. The molecule has 1 aliphatic rings. The van der Waals surface area contributed by atoms with E-state index in [1.807, 2.05) is 12.1 Å². The molecular weight excluding hydrogens is 345 g/mol. The minimum absolute atomic E-state index is 0.125. The molecule has 27 heavy (non-hydrogen) atoms. The number of amides is 2. The summed E-state index contributed by atoms with van der Waals surface area (Å²) in [4.78, 5) is 25.6. The minimum atomic E-state index is -0.478. The third-order valence-electron chi connectivity index (χ3n) is 4.86. The number of nitrogens with one attached hydrogen (secondary N) is 1. The highest BCUT2D eigenvalue weighted by Crippen LogP contribution is 2.17. The van der Waals surface area contributed by atoms with E-state index in [4.69, 9.17) is 5.73 Å². The molecule has 6 heteroatoms. The van der Waals surface area contributed by atoms with Gasteiger partial charge in [-0.25, -0.2) is 4.39 Å². The van der Waals surface area contributed by atoms with Crippen molar-refractivity contribution >= 4 is 11.8 Å². The predicted octanol–water partition coefficient (Wildman–Crippen LogP) is 2.15. The first-order chi connectivity index (χ1) is 13.1. The predicted molar refractivity (Wildman–Crippen MR) is 102 cm³/mol. The summed E-state index contributed by atoms with van der Waals surface area (Å²) in [7, 11) is 0. The lowest BCUT2D eigenvalue weighted by Crippen LogP contribution is -2.46. The van der Waals surface area contributed by atoms with E-state index in [0.717, 1.165) is 30.6 Å². The van der Waals surface area contributed by atoms with Crippen LogP contribution in [0.3, 0.4) is 0 Å². The van der Waals surface area contributed by atoms with Crippen molar-refractivity contribution in [2.24, 2.45) is 5.73 Å². The van der Waals surface area contributed by atoms with Crippen molar-refractivity contribution in [3.05, 3.63) is 70.5 Å². The molecule has 2 aromatic carbocycles. The molecule has 3 N–H and O–H groups in total. The Morgan fingerprint density at radius 3 is 2.48 bits per heavy atom. The van der Waals surface area contributed by atoms with Crippen molar-refractivity contribution in [3.8, 4) is 0 Å². The van der Waals surface area contributed by atoms with E-state index in [2.05, 4.69) is 5.32 Å². The summed E-state index contributed by atoms with van der Waals surface area (Å²) in [6.45, 7) is 2.66. The number of rotatable bonds is 6. The van der Waals surface area contributed by atoms with Gasteiger partial charge in [-0.15, -0.1) is 0 Å². The number of nitrogens with zero attached hydrogens (tertiary/aromatic N) is 1. The minimum Gasteiger partial charge on any atom is -0.366 e. The van der Waals surface area contributed by atoms with Gasteiger partial charge in [0.25, 0.3) is 5.91 Å². The summed E-state index contributed by atoms with van der Waals surface area (Å²) in [6.07, 6.45) is 2.10. The number of aryl methyl sites for hydroxylation is 2. The lowest BCUT2D eigenvalue weighted by Gasteiger charge is -2.27. The van der Waals surface area contributed by atoms with Crippen LogP contribution in [0.2, 0.25) is 0 Å². The van der Waals surface area contributed by atoms with Crippen LogP contribution in [0.5, 0.6) is 0 Å². The van der Waals surface area contributed by atoms with Crippen molar-refractivity contribution in [3.63, 3.8) is 0 Å². The maximum Gasteiger partial charge on any atom is 0.256 e. The first-order valence-corrected chi connectivity index (χ1v) is 9.22. The molecule has 0 aliphatic carbocycles. The number of nitrogens with two attached hydrogens (primary N) is 1. The Morgan fingerprint density at radius 2 is 1.78 bits per heavy atom. The van der Waals surface area contributed by atoms with Gasteiger partial charge in [-0.2, -0.15) is 0 Å². The van der Waals surface area contributed by atoms with Crippen molar-refractivity contribution in [1.82, 2.24) is 10.2 Å². The number of primary amides is 1. The van der Waals surface area contributed by atoms with Crippen molar-refractivity contribution < 1.29 is 14.0 Å². The van der Waals surface area contributed by atoms with E-state index in [1.54, 1.807) is 29.2 Å². The van der Waals surface area contributed by atoms with E-state index >= 15 is 0 Å². The zero-order chi connectivity index (χ0) is 19.2. The third kappa shape index (κ3) is 4.71. The molecule has 1 heterocycles. The van der Waals surface area contributed by atoms with Gasteiger partial charge in [0.15, 0.2) is 0 Å². The number of hydrogen-bond acceptors (Lipinski definition) is 3. The second-order valence-electron chi connectivity index (χ2n) is 6.73. The molecular formula is C21H24FN3O2. The van der Waals surface area contributed by atoms with Crippen LogP contribution in [0, 0.1) is 5.82 Å². The monoisotopic (exact) mass is 369 g/mol. The molecule has 0 bridgehead atoms. The van der Waals surface area contributed by atoms with Crippen LogP contribution in [0.25, 0.3) is 0 Å². The van der Waals surface area contributed by atoms with Crippen molar-refractivity contribution in [2.75, 3.05) is 26.2 Å². The second-order valence-corrected chi connectivity index (χ2v) is 6.73. The molecule has 5 nitrogen and oxygen atoms in total. The fourth-order valence-corrected chi connectivity index (χ4v) is 3.39. The van der Waals surface area contributed by atoms with Crippen molar-refractivity contribution in [1.29, 1.82) is 0 Å². The lowest BCUT2D eigenvalue weighted by molar-refractivity contribution is 0.0731. The molecule has 1 fully saturated rings. The molecule has 0 radical (unpaired) electrons. The van der Waals surface area contributed by atoms with Gasteiger partial charge in [0.2, 0.25) is 5.91 Å². The third-order valence-corrected chi connectivity index (χ3v) is 4.86.